The second-order valence-electron chi connectivity index (χ2n) is 3.26. The molecule has 2 unspecified atom stereocenters. The Morgan fingerprint density at radius 3 is 1.77 bits per heavy atom. The highest BCUT2D eigenvalue weighted by molar-refractivity contribution is 5.51. The molecule has 4 N–H and O–H groups in total. The van der Waals surface area contributed by atoms with Crippen molar-refractivity contribution in [2.24, 2.45) is 0 Å². The Bertz CT molecular complexity index is 193. The van der Waals surface area contributed by atoms with Crippen LogP contribution in [0.2, 0.25) is 0 Å². The van der Waals surface area contributed by atoms with E-state index in [0.717, 1.165) is 0 Å². The molecule has 0 bridgehead atoms. The molecule has 1 amide bonds. The summed E-state index contributed by atoms with van der Waals surface area (Å²) >= 11 is 0. The predicted molar refractivity (Wildman–Crippen MR) is 41.2 cm³/mol. The third-order valence-corrected chi connectivity index (χ3v) is 2.43. The third kappa shape index (κ3) is 1.42. The van der Waals surface area contributed by atoms with Crippen molar-refractivity contribution in [1.82, 2.24) is 4.90 Å². The van der Waals surface area contributed by atoms with Crippen LogP contribution in [0.25, 0.3) is 0 Å². The van der Waals surface area contributed by atoms with E-state index in [-0.39, 0.29) is 19.3 Å². The van der Waals surface area contributed by atoms with Crippen LogP contribution >= 0.6 is 0 Å². The van der Waals surface area contributed by atoms with Crippen molar-refractivity contribution in [2.45, 2.75) is 24.3 Å². The molecule has 1 saturated heterocycles. The van der Waals surface area contributed by atoms with E-state index in [1.165, 1.54) is 0 Å². The van der Waals surface area contributed by atoms with Crippen molar-refractivity contribution >= 4 is 6.41 Å². The fourth-order valence-corrected chi connectivity index (χ4v) is 1.54. The Labute approximate surface area is 75.0 Å². The maximum Gasteiger partial charge on any atom is 0.214 e. The Hall–Kier alpha value is -0.690. The average molecular weight is 191 g/mol. The molecule has 0 radical (unpaired) electrons. The molecule has 1 fully saturated rings. The first-order valence-electron chi connectivity index (χ1n) is 3.93. The lowest BCUT2D eigenvalue weighted by molar-refractivity contribution is -0.203. The lowest BCUT2D eigenvalue weighted by Gasteiger charge is -2.36. The summed E-state index contributed by atoms with van der Waals surface area (Å²) in [6.45, 7) is -1.32. The molecule has 76 valence electrons. The number of aliphatic hydroxyl groups excluding tert-OH is 2. The zero-order valence-corrected chi connectivity index (χ0v) is 7.05. The number of carbonyl (C=O) groups is 1. The quantitative estimate of drug-likeness (QED) is 0.372. The first-order valence-corrected chi connectivity index (χ1v) is 3.93. The minimum Gasteiger partial charge on any atom is -0.391 e. The molecule has 0 saturated carbocycles. The summed E-state index contributed by atoms with van der Waals surface area (Å²) in [6, 6.07) is 0. The van der Waals surface area contributed by atoms with Crippen molar-refractivity contribution in [1.29, 1.82) is 0 Å². The van der Waals surface area contributed by atoms with Crippen molar-refractivity contribution in [3.63, 3.8) is 0 Å². The van der Waals surface area contributed by atoms with Gasteiger partial charge in [0.25, 0.3) is 0 Å². The number of carbonyl (C=O) groups excluding carboxylic acids is 1. The van der Waals surface area contributed by atoms with Crippen LogP contribution in [0.15, 0.2) is 0 Å². The van der Waals surface area contributed by atoms with Gasteiger partial charge in [-0.2, -0.15) is 0 Å². The summed E-state index contributed by atoms with van der Waals surface area (Å²) in [4.78, 5) is 11.2. The fourth-order valence-electron chi connectivity index (χ4n) is 1.54. The molecule has 1 rings (SSSR count). The van der Waals surface area contributed by atoms with Crippen LogP contribution in [-0.2, 0) is 4.79 Å². The van der Waals surface area contributed by atoms with Gasteiger partial charge >= 0.3 is 0 Å². The minimum atomic E-state index is -1.75. The van der Waals surface area contributed by atoms with E-state index in [1.807, 2.05) is 0 Å². The summed E-state index contributed by atoms with van der Waals surface area (Å²) in [5, 5.41) is 36.8. The molecule has 0 spiro atoms. The smallest absolute Gasteiger partial charge is 0.214 e. The summed E-state index contributed by atoms with van der Waals surface area (Å²) in [5.74, 6) is 0. The number of aliphatic hydroxyl groups is 4. The molecule has 0 aromatic rings. The number of nitrogens with zero attached hydrogens (tertiary/aromatic N) is 1. The van der Waals surface area contributed by atoms with Gasteiger partial charge in [-0.15, -0.1) is 0 Å². The van der Waals surface area contributed by atoms with E-state index in [4.69, 9.17) is 10.2 Å². The van der Waals surface area contributed by atoms with Crippen LogP contribution in [0.3, 0.4) is 0 Å². The second kappa shape index (κ2) is 3.22. The number of rotatable bonds is 3. The van der Waals surface area contributed by atoms with E-state index in [0.29, 0.717) is 4.90 Å². The van der Waals surface area contributed by atoms with Crippen molar-refractivity contribution in [3.05, 3.63) is 0 Å². The molecular formula is C7H13NO5. The normalized spacial score (nSPS) is 39.5. The largest absolute Gasteiger partial charge is 0.391 e. The molecule has 13 heavy (non-hydrogen) atoms. The third-order valence-electron chi connectivity index (χ3n) is 2.43. The maximum atomic E-state index is 10.5. The molecule has 0 aromatic carbocycles. The highest BCUT2D eigenvalue weighted by Crippen LogP contribution is 2.36. The highest BCUT2D eigenvalue weighted by atomic mass is 16.4. The fraction of sp³-hybridized carbons (Fsp3) is 0.857. The van der Waals surface area contributed by atoms with Crippen molar-refractivity contribution in [2.75, 3.05) is 13.2 Å². The van der Waals surface area contributed by atoms with E-state index in [1.54, 1.807) is 0 Å². The number of likely N-dealkylation sites (tertiary alicyclic amines) is 1. The molecule has 2 atom stereocenters. The van der Waals surface area contributed by atoms with Gasteiger partial charge in [0, 0.05) is 12.8 Å². The molecular weight excluding hydrogens is 178 g/mol. The van der Waals surface area contributed by atoms with E-state index >= 15 is 0 Å². The molecule has 0 aliphatic carbocycles. The van der Waals surface area contributed by atoms with E-state index < -0.39 is 24.7 Å². The highest BCUT2D eigenvalue weighted by Gasteiger charge is 2.52. The monoisotopic (exact) mass is 191 g/mol. The Kier molecular flexibility index (Phi) is 2.58. The first kappa shape index (κ1) is 10.4. The van der Waals surface area contributed by atoms with E-state index in [2.05, 4.69) is 0 Å². The number of hydrogen-bond acceptors (Lipinski definition) is 5. The molecule has 6 heteroatoms. The zero-order chi connectivity index (χ0) is 10.1. The van der Waals surface area contributed by atoms with Crippen LogP contribution in [0, 0.1) is 0 Å². The second-order valence-corrected chi connectivity index (χ2v) is 3.26. The van der Waals surface area contributed by atoms with Gasteiger partial charge in [-0.1, -0.05) is 0 Å². The van der Waals surface area contributed by atoms with Crippen LogP contribution in [0.4, 0.5) is 0 Å². The van der Waals surface area contributed by atoms with Crippen LogP contribution in [0.1, 0.15) is 12.8 Å². The van der Waals surface area contributed by atoms with Crippen LogP contribution < -0.4 is 0 Å². The zero-order valence-electron chi connectivity index (χ0n) is 7.05. The van der Waals surface area contributed by atoms with Gasteiger partial charge in [0.2, 0.25) is 6.41 Å². The van der Waals surface area contributed by atoms with E-state index in [9.17, 15) is 15.0 Å². The van der Waals surface area contributed by atoms with Gasteiger partial charge in [0.05, 0.1) is 13.2 Å². The van der Waals surface area contributed by atoms with Gasteiger partial charge in [-0.3, -0.25) is 9.69 Å². The summed E-state index contributed by atoms with van der Waals surface area (Å²) in [7, 11) is 0. The van der Waals surface area contributed by atoms with Crippen LogP contribution in [-0.4, -0.2) is 56.4 Å². The summed E-state index contributed by atoms with van der Waals surface area (Å²) < 4.78 is 0. The summed E-state index contributed by atoms with van der Waals surface area (Å²) in [5.41, 5.74) is -3.50. The minimum absolute atomic E-state index is 0.0410. The lowest BCUT2D eigenvalue weighted by Crippen LogP contribution is -2.56. The number of hydrogen-bond donors (Lipinski definition) is 4. The van der Waals surface area contributed by atoms with Crippen LogP contribution in [0.5, 0.6) is 0 Å². The maximum absolute atomic E-state index is 10.5. The first-order chi connectivity index (χ1) is 6.02. The predicted octanol–water partition coefficient (Wildman–Crippen LogP) is -2.40. The van der Waals surface area contributed by atoms with Gasteiger partial charge in [-0.05, 0) is 0 Å². The molecule has 1 heterocycles. The molecule has 1 aliphatic rings. The van der Waals surface area contributed by atoms with Gasteiger partial charge in [0.1, 0.15) is 0 Å². The van der Waals surface area contributed by atoms with Gasteiger partial charge in [0.15, 0.2) is 11.4 Å². The standard InChI is InChI=1S/C7H13NO5/c9-3-6(12)1-2-7(13,4-10)8(6)5-11/h5,9-10,12-13H,1-4H2. The number of amides is 1. The Morgan fingerprint density at radius 1 is 1.15 bits per heavy atom. The molecule has 0 aromatic heterocycles. The Morgan fingerprint density at radius 2 is 1.54 bits per heavy atom. The lowest BCUT2D eigenvalue weighted by atomic mass is 10.1. The SMILES string of the molecule is O=CN1C(O)(CO)CCC1(O)CO. The molecule has 1 aliphatic heterocycles. The van der Waals surface area contributed by atoms with Gasteiger partial charge < -0.3 is 20.4 Å². The average Bonchev–Trinajstić information content (AvgIpc) is 2.41. The molecule has 6 nitrogen and oxygen atoms in total. The topological polar surface area (TPSA) is 101 Å². The Balaban J connectivity index is 2.92. The van der Waals surface area contributed by atoms with Crippen molar-refractivity contribution < 1.29 is 25.2 Å². The van der Waals surface area contributed by atoms with Gasteiger partial charge in [-0.25, -0.2) is 0 Å². The summed E-state index contributed by atoms with van der Waals surface area (Å²) in [6.07, 6.45) is 0.304. The van der Waals surface area contributed by atoms with Crippen molar-refractivity contribution in [3.8, 4) is 0 Å².